The minimum absolute atomic E-state index is 0.179. The Morgan fingerprint density at radius 2 is 1.72 bits per heavy atom. The lowest BCUT2D eigenvalue weighted by atomic mass is 10.1. The van der Waals surface area contributed by atoms with Crippen molar-refractivity contribution in [3.05, 3.63) is 57.8 Å². The molecule has 1 aliphatic heterocycles. The second-order valence-corrected chi connectivity index (χ2v) is 6.23. The van der Waals surface area contributed by atoms with E-state index in [1.54, 1.807) is 23.1 Å². The number of halogens is 2. The van der Waals surface area contributed by atoms with Crippen molar-refractivity contribution in [3.63, 3.8) is 0 Å². The Bertz CT molecular complexity index is 787. The SMILES string of the molecule is O=C(Nc1c(Cl)cccc1Cl)c1cncc(C(=O)N2CCOCC2)c1. The first-order valence-corrected chi connectivity index (χ1v) is 8.39. The molecule has 2 amide bonds. The van der Waals surface area contributed by atoms with Gasteiger partial charge in [-0.1, -0.05) is 29.3 Å². The maximum atomic E-state index is 12.5. The minimum atomic E-state index is -0.445. The van der Waals surface area contributed by atoms with Crippen LogP contribution in [0.4, 0.5) is 5.69 Å². The lowest BCUT2D eigenvalue weighted by Gasteiger charge is -2.26. The Labute approximate surface area is 154 Å². The summed E-state index contributed by atoms with van der Waals surface area (Å²) in [6, 6.07) is 6.44. The molecule has 0 bridgehead atoms. The molecule has 6 nitrogen and oxygen atoms in total. The van der Waals surface area contributed by atoms with Gasteiger partial charge in [-0.15, -0.1) is 0 Å². The summed E-state index contributed by atoms with van der Waals surface area (Å²) >= 11 is 12.1. The first kappa shape index (κ1) is 17.7. The van der Waals surface area contributed by atoms with Gasteiger partial charge >= 0.3 is 0 Å². The molecule has 2 aromatic rings. The summed E-state index contributed by atoms with van der Waals surface area (Å²) in [6.45, 7) is 2.05. The zero-order valence-corrected chi connectivity index (χ0v) is 14.7. The molecule has 0 atom stereocenters. The molecule has 8 heteroatoms. The summed E-state index contributed by atoms with van der Waals surface area (Å²) in [5.74, 6) is -0.625. The van der Waals surface area contributed by atoms with E-state index < -0.39 is 5.91 Å². The van der Waals surface area contributed by atoms with Crippen LogP contribution < -0.4 is 5.32 Å². The van der Waals surface area contributed by atoms with Crippen LogP contribution in [0.2, 0.25) is 10.0 Å². The van der Waals surface area contributed by atoms with Crippen LogP contribution in [0.5, 0.6) is 0 Å². The number of carbonyl (C=O) groups is 2. The fraction of sp³-hybridized carbons (Fsp3) is 0.235. The van der Waals surface area contributed by atoms with Crippen molar-refractivity contribution in [1.82, 2.24) is 9.88 Å². The van der Waals surface area contributed by atoms with Gasteiger partial charge < -0.3 is 15.0 Å². The zero-order valence-electron chi connectivity index (χ0n) is 13.2. The van der Waals surface area contributed by atoms with Gasteiger partial charge in [0.15, 0.2) is 0 Å². The normalized spacial score (nSPS) is 14.2. The number of amides is 2. The highest BCUT2D eigenvalue weighted by Gasteiger charge is 2.20. The first-order chi connectivity index (χ1) is 12.1. The predicted molar refractivity (Wildman–Crippen MR) is 95.4 cm³/mol. The van der Waals surface area contributed by atoms with Crippen molar-refractivity contribution >= 4 is 40.7 Å². The van der Waals surface area contributed by atoms with Gasteiger partial charge in [-0.2, -0.15) is 0 Å². The van der Waals surface area contributed by atoms with Crippen molar-refractivity contribution < 1.29 is 14.3 Å². The topological polar surface area (TPSA) is 71.5 Å². The monoisotopic (exact) mass is 379 g/mol. The summed E-state index contributed by atoms with van der Waals surface area (Å²) in [5.41, 5.74) is 0.913. The van der Waals surface area contributed by atoms with E-state index >= 15 is 0 Å². The van der Waals surface area contributed by atoms with Gasteiger partial charge in [-0.3, -0.25) is 14.6 Å². The molecule has 1 fully saturated rings. The second kappa shape index (κ2) is 7.82. The van der Waals surface area contributed by atoms with E-state index in [9.17, 15) is 9.59 Å². The number of pyridine rings is 1. The summed E-state index contributed by atoms with van der Waals surface area (Å²) in [7, 11) is 0. The highest BCUT2D eigenvalue weighted by Crippen LogP contribution is 2.30. The average Bonchev–Trinajstić information content (AvgIpc) is 2.65. The molecule has 130 valence electrons. The summed E-state index contributed by atoms with van der Waals surface area (Å²) in [5, 5.41) is 3.31. The third-order valence-corrected chi connectivity index (χ3v) is 4.38. The predicted octanol–water partition coefficient (Wildman–Crippen LogP) is 3.11. The lowest BCUT2D eigenvalue weighted by molar-refractivity contribution is 0.0302. The highest BCUT2D eigenvalue weighted by molar-refractivity contribution is 6.40. The highest BCUT2D eigenvalue weighted by atomic mass is 35.5. The standard InChI is InChI=1S/C17H15Cl2N3O3/c18-13-2-1-3-14(19)15(13)21-16(23)11-8-12(10-20-9-11)17(24)22-4-6-25-7-5-22/h1-3,8-10H,4-7H2,(H,21,23). The smallest absolute Gasteiger partial charge is 0.257 e. The van der Waals surface area contributed by atoms with Gasteiger partial charge in [-0.25, -0.2) is 0 Å². The molecule has 1 aromatic carbocycles. The molecule has 0 saturated carbocycles. The number of benzene rings is 1. The van der Waals surface area contributed by atoms with E-state index in [1.165, 1.54) is 18.5 Å². The van der Waals surface area contributed by atoms with Crippen molar-refractivity contribution in [1.29, 1.82) is 0 Å². The summed E-state index contributed by atoms with van der Waals surface area (Å²) in [4.78, 5) is 30.6. The number of ether oxygens (including phenoxy) is 1. The van der Waals surface area contributed by atoms with Crippen LogP contribution in [-0.2, 0) is 4.74 Å². The van der Waals surface area contributed by atoms with E-state index in [4.69, 9.17) is 27.9 Å². The number of morpholine rings is 1. The lowest BCUT2D eigenvalue weighted by Crippen LogP contribution is -2.40. The van der Waals surface area contributed by atoms with Crippen LogP contribution in [0.15, 0.2) is 36.7 Å². The van der Waals surface area contributed by atoms with Crippen LogP contribution in [-0.4, -0.2) is 48.0 Å². The second-order valence-electron chi connectivity index (χ2n) is 5.42. The summed E-state index contributed by atoms with van der Waals surface area (Å²) < 4.78 is 5.24. The van der Waals surface area contributed by atoms with Gasteiger partial charge in [0.2, 0.25) is 0 Å². The molecule has 1 aromatic heterocycles. The van der Waals surface area contributed by atoms with Crippen LogP contribution in [0.25, 0.3) is 0 Å². The number of nitrogens with one attached hydrogen (secondary N) is 1. The number of carbonyl (C=O) groups excluding carboxylic acids is 2. The Hall–Kier alpha value is -2.15. The quantitative estimate of drug-likeness (QED) is 0.888. The van der Waals surface area contributed by atoms with Gasteiger partial charge in [-0.05, 0) is 18.2 Å². The summed E-state index contributed by atoms with van der Waals surface area (Å²) in [6.07, 6.45) is 2.83. The number of para-hydroxylation sites is 1. The molecule has 0 aliphatic carbocycles. The Morgan fingerprint density at radius 3 is 2.40 bits per heavy atom. The number of hydrogen-bond acceptors (Lipinski definition) is 4. The average molecular weight is 380 g/mol. The largest absolute Gasteiger partial charge is 0.378 e. The fourth-order valence-electron chi connectivity index (χ4n) is 2.43. The minimum Gasteiger partial charge on any atom is -0.378 e. The van der Waals surface area contributed by atoms with Gasteiger partial charge in [0, 0.05) is 25.5 Å². The van der Waals surface area contributed by atoms with Crippen molar-refractivity contribution in [2.45, 2.75) is 0 Å². The van der Waals surface area contributed by atoms with Gasteiger partial charge in [0.05, 0.1) is 40.1 Å². The molecule has 3 rings (SSSR count). The van der Waals surface area contributed by atoms with E-state index in [2.05, 4.69) is 10.3 Å². The van der Waals surface area contributed by atoms with Crippen LogP contribution >= 0.6 is 23.2 Å². The Balaban J connectivity index is 1.78. The third kappa shape index (κ3) is 4.10. The molecule has 1 saturated heterocycles. The molecule has 1 aliphatic rings. The maximum absolute atomic E-state index is 12.5. The number of aromatic nitrogens is 1. The number of rotatable bonds is 3. The number of nitrogens with zero attached hydrogens (tertiary/aromatic N) is 2. The molecule has 0 spiro atoms. The van der Waals surface area contributed by atoms with E-state index in [0.717, 1.165) is 0 Å². The molecule has 0 radical (unpaired) electrons. The van der Waals surface area contributed by atoms with Gasteiger partial charge in [0.25, 0.3) is 11.8 Å². The maximum Gasteiger partial charge on any atom is 0.257 e. The molecule has 0 unspecified atom stereocenters. The number of hydrogen-bond donors (Lipinski definition) is 1. The van der Waals surface area contributed by atoms with Crippen LogP contribution in [0, 0.1) is 0 Å². The van der Waals surface area contributed by atoms with Crippen molar-refractivity contribution in [2.24, 2.45) is 0 Å². The van der Waals surface area contributed by atoms with Crippen molar-refractivity contribution in [2.75, 3.05) is 31.6 Å². The van der Waals surface area contributed by atoms with Crippen molar-refractivity contribution in [3.8, 4) is 0 Å². The molecular formula is C17H15Cl2N3O3. The number of anilines is 1. The molecule has 2 heterocycles. The van der Waals surface area contributed by atoms with Crippen LogP contribution in [0.3, 0.4) is 0 Å². The first-order valence-electron chi connectivity index (χ1n) is 7.63. The molecular weight excluding hydrogens is 365 g/mol. The third-order valence-electron chi connectivity index (χ3n) is 3.75. The van der Waals surface area contributed by atoms with E-state index in [0.29, 0.717) is 47.6 Å². The Morgan fingerprint density at radius 1 is 1.08 bits per heavy atom. The fourth-order valence-corrected chi connectivity index (χ4v) is 2.92. The van der Waals surface area contributed by atoms with Gasteiger partial charge in [0.1, 0.15) is 0 Å². The van der Waals surface area contributed by atoms with E-state index in [-0.39, 0.29) is 11.5 Å². The van der Waals surface area contributed by atoms with Crippen LogP contribution in [0.1, 0.15) is 20.7 Å². The Kier molecular flexibility index (Phi) is 5.53. The zero-order chi connectivity index (χ0) is 17.8. The molecule has 25 heavy (non-hydrogen) atoms. The van der Waals surface area contributed by atoms with E-state index in [1.807, 2.05) is 0 Å². The molecule has 1 N–H and O–H groups in total.